The molecular weight excluding hydrogens is 353 g/mol. The van der Waals surface area contributed by atoms with Crippen molar-refractivity contribution in [2.45, 2.75) is 38.9 Å². The van der Waals surface area contributed by atoms with Crippen LogP contribution in [-0.4, -0.2) is 37.0 Å². The predicted molar refractivity (Wildman–Crippen MR) is 87.2 cm³/mol. The van der Waals surface area contributed by atoms with E-state index >= 15 is 0 Å². The van der Waals surface area contributed by atoms with Gasteiger partial charge in [0.25, 0.3) is 11.8 Å². The lowest BCUT2D eigenvalue weighted by atomic mass is 10.1. The molecule has 1 aromatic carbocycles. The van der Waals surface area contributed by atoms with Gasteiger partial charge in [-0.15, -0.1) is 0 Å². The van der Waals surface area contributed by atoms with Gasteiger partial charge in [0.1, 0.15) is 6.54 Å². The van der Waals surface area contributed by atoms with Crippen LogP contribution in [0.2, 0.25) is 0 Å². The monoisotopic (exact) mass is 374 g/mol. The molecule has 1 rings (SSSR count). The summed E-state index contributed by atoms with van der Waals surface area (Å²) in [6, 6.07) is 3.52. The number of ether oxygens (including phenoxy) is 1. The average molecular weight is 374 g/mol. The highest BCUT2D eigenvalue weighted by molar-refractivity contribution is 5.96. The van der Waals surface area contributed by atoms with E-state index in [2.05, 4.69) is 10.6 Å². The maximum atomic E-state index is 12.5. The maximum absolute atomic E-state index is 12.5. The van der Waals surface area contributed by atoms with E-state index in [-0.39, 0.29) is 11.6 Å². The Kier molecular flexibility index (Phi) is 8.08. The van der Waals surface area contributed by atoms with Crippen LogP contribution in [0.1, 0.15) is 42.6 Å². The molecule has 0 saturated carbocycles. The minimum absolute atomic E-state index is 0.0306. The van der Waals surface area contributed by atoms with Crippen molar-refractivity contribution in [1.29, 1.82) is 0 Å². The van der Waals surface area contributed by atoms with E-state index in [0.29, 0.717) is 0 Å². The lowest BCUT2D eigenvalue weighted by Crippen LogP contribution is -2.37. The smallest absolute Gasteiger partial charge is 0.416 e. The van der Waals surface area contributed by atoms with Crippen LogP contribution >= 0.6 is 0 Å². The largest absolute Gasteiger partial charge is 0.454 e. The third kappa shape index (κ3) is 7.54. The molecule has 0 aliphatic carbocycles. The molecule has 0 heterocycles. The molecule has 2 amide bonds. The van der Waals surface area contributed by atoms with Gasteiger partial charge in [0.15, 0.2) is 6.61 Å². The topological polar surface area (TPSA) is 84.5 Å². The van der Waals surface area contributed by atoms with Gasteiger partial charge in [-0.2, -0.15) is 13.2 Å². The lowest BCUT2D eigenvalue weighted by Gasteiger charge is -2.13. The van der Waals surface area contributed by atoms with Crippen molar-refractivity contribution in [1.82, 2.24) is 10.6 Å². The molecule has 1 atom stereocenters. The average Bonchev–Trinajstić information content (AvgIpc) is 2.57. The van der Waals surface area contributed by atoms with Gasteiger partial charge in [-0.1, -0.05) is 13.3 Å². The van der Waals surface area contributed by atoms with Crippen LogP contribution < -0.4 is 10.6 Å². The van der Waals surface area contributed by atoms with Crippen molar-refractivity contribution in [3.05, 3.63) is 35.4 Å². The third-order valence-electron chi connectivity index (χ3n) is 3.36. The predicted octanol–water partition coefficient (Wildman–Crippen LogP) is 2.28. The molecule has 144 valence electrons. The minimum atomic E-state index is -4.49. The lowest BCUT2D eigenvalue weighted by molar-refractivity contribution is -0.147. The molecular formula is C17H21F3N2O4. The Morgan fingerprint density at radius 2 is 1.77 bits per heavy atom. The number of benzene rings is 1. The second-order valence-corrected chi connectivity index (χ2v) is 5.68. The summed E-state index contributed by atoms with van der Waals surface area (Å²) in [4.78, 5) is 34.8. The standard InChI is InChI=1S/C17H21F3N2O4/c1-3-4-11(2)22-14(23)10-26-15(24)9-21-16(25)12-5-7-13(8-6-12)17(18,19)20/h5-8,11H,3-4,9-10H2,1-2H3,(H,21,25)(H,22,23). The molecule has 1 aromatic rings. The number of nitrogens with one attached hydrogen (secondary N) is 2. The number of carbonyl (C=O) groups excluding carboxylic acids is 3. The molecule has 0 fully saturated rings. The summed E-state index contributed by atoms with van der Waals surface area (Å²) in [5.41, 5.74) is -0.909. The van der Waals surface area contributed by atoms with Gasteiger partial charge in [-0.05, 0) is 37.6 Å². The molecule has 0 spiro atoms. The minimum Gasteiger partial charge on any atom is -0.454 e. The van der Waals surface area contributed by atoms with Crippen LogP contribution in [0.15, 0.2) is 24.3 Å². The Labute approximate surface area is 149 Å². The van der Waals surface area contributed by atoms with Crippen molar-refractivity contribution >= 4 is 17.8 Å². The van der Waals surface area contributed by atoms with Crippen molar-refractivity contribution in [3.8, 4) is 0 Å². The molecule has 0 aliphatic heterocycles. The molecule has 2 N–H and O–H groups in total. The zero-order valence-corrected chi connectivity index (χ0v) is 14.5. The van der Waals surface area contributed by atoms with Gasteiger partial charge in [0.05, 0.1) is 5.56 Å². The fraction of sp³-hybridized carbons (Fsp3) is 0.471. The Morgan fingerprint density at radius 3 is 2.31 bits per heavy atom. The fourth-order valence-electron chi connectivity index (χ4n) is 2.08. The number of carbonyl (C=O) groups is 3. The molecule has 6 nitrogen and oxygen atoms in total. The Balaban J connectivity index is 2.38. The second-order valence-electron chi connectivity index (χ2n) is 5.68. The highest BCUT2D eigenvalue weighted by Crippen LogP contribution is 2.28. The maximum Gasteiger partial charge on any atom is 0.416 e. The molecule has 0 saturated heterocycles. The molecule has 0 bridgehead atoms. The number of alkyl halides is 3. The van der Waals surface area contributed by atoms with Crippen LogP contribution in [0.5, 0.6) is 0 Å². The molecule has 0 aromatic heterocycles. The van der Waals surface area contributed by atoms with Crippen LogP contribution in [0.4, 0.5) is 13.2 Å². The third-order valence-corrected chi connectivity index (χ3v) is 3.36. The molecule has 9 heteroatoms. The van der Waals surface area contributed by atoms with Gasteiger partial charge in [-0.25, -0.2) is 0 Å². The first kappa shape index (κ1) is 21.5. The summed E-state index contributed by atoms with van der Waals surface area (Å²) in [6.07, 6.45) is -2.80. The summed E-state index contributed by atoms with van der Waals surface area (Å²) < 4.78 is 42.1. The van der Waals surface area contributed by atoms with E-state index in [9.17, 15) is 27.6 Å². The Bertz CT molecular complexity index is 630. The quantitative estimate of drug-likeness (QED) is 0.684. The van der Waals surface area contributed by atoms with E-state index < -0.39 is 42.7 Å². The van der Waals surface area contributed by atoms with Crippen LogP contribution in [-0.2, 0) is 20.5 Å². The van der Waals surface area contributed by atoms with E-state index in [1.807, 2.05) is 13.8 Å². The van der Waals surface area contributed by atoms with Crippen LogP contribution in [0.3, 0.4) is 0 Å². The number of hydrogen-bond donors (Lipinski definition) is 2. The number of hydrogen-bond acceptors (Lipinski definition) is 4. The summed E-state index contributed by atoms with van der Waals surface area (Å²) >= 11 is 0. The normalized spacial score (nSPS) is 12.2. The second kappa shape index (κ2) is 9.79. The summed E-state index contributed by atoms with van der Waals surface area (Å²) in [5.74, 6) is -2.01. The van der Waals surface area contributed by atoms with Gasteiger partial charge in [-0.3, -0.25) is 14.4 Å². The Morgan fingerprint density at radius 1 is 1.15 bits per heavy atom. The number of rotatable bonds is 8. The molecule has 1 unspecified atom stereocenters. The van der Waals surface area contributed by atoms with Crippen molar-refractivity contribution in [2.75, 3.05) is 13.2 Å². The first-order valence-corrected chi connectivity index (χ1v) is 8.04. The molecule has 0 aliphatic rings. The van der Waals surface area contributed by atoms with Crippen LogP contribution in [0.25, 0.3) is 0 Å². The van der Waals surface area contributed by atoms with Gasteiger partial charge in [0.2, 0.25) is 0 Å². The van der Waals surface area contributed by atoms with E-state index in [4.69, 9.17) is 4.74 Å². The van der Waals surface area contributed by atoms with Crippen molar-refractivity contribution < 1.29 is 32.3 Å². The van der Waals surface area contributed by atoms with Crippen molar-refractivity contribution in [3.63, 3.8) is 0 Å². The molecule has 26 heavy (non-hydrogen) atoms. The summed E-state index contributed by atoms with van der Waals surface area (Å²) in [7, 11) is 0. The van der Waals surface area contributed by atoms with Crippen LogP contribution in [0, 0.1) is 0 Å². The van der Waals surface area contributed by atoms with E-state index in [1.54, 1.807) is 0 Å². The first-order valence-electron chi connectivity index (χ1n) is 8.04. The van der Waals surface area contributed by atoms with Gasteiger partial charge >= 0.3 is 12.1 Å². The number of halogens is 3. The molecule has 0 radical (unpaired) electrons. The highest BCUT2D eigenvalue weighted by Gasteiger charge is 2.30. The van der Waals surface area contributed by atoms with Crippen molar-refractivity contribution in [2.24, 2.45) is 0 Å². The number of esters is 1. The Hall–Kier alpha value is -2.58. The first-order chi connectivity index (χ1) is 12.1. The highest BCUT2D eigenvalue weighted by atomic mass is 19.4. The summed E-state index contributed by atoms with van der Waals surface area (Å²) in [5, 5.41) is 4.86. The summed E-state index contributed by atoms with van der Waals surface area (Å²) in [6.45, 7) is 2.83. The van der Waals surface area contributed by atoms with Gasteiger partial charge in [0, 0.05) is 11.6 Å². The zero-order chi connectivity index (χ0) is 19.7. The van der Waals surface area contributed by atoms with E-state index in [1.165, 1.54) is 0 Å². The zero-order valence-electron chi connectivity index (χ0n) is 14.5. The SMILES string of the molecule is CCCC(C)NC(=O)COC(=O)CNC(=O)c1ccc(C(F)(F)F)cc1. The number of amides is 2. The van der Waals surface area contributed by atoms with E-state index in [0.717, 1.165) is 37.1 Å². The fourth-order valence-corrected chi connectivity index (χ4v) is 2.08. The van der Waals surface area contributed by atoms with Gasteiger partial charge < -0.3 is 15.4 Å².